The molecule has 0 spiro atoms. The maximum Gasteiger partial charge on any atom is 0.240 e. The molecule has 1 fully saturated rings. The van der Waals surface area contributed by atoms with Crippen molar-refractivity contribution in [3.63, 3.8) is 0 Å². The van der Waals surface area contributed by atoms with Gasteiger partial charge < -0.3 is 0 Å². The SMILES string of the molecule is O=S(=O)(NC1CC1)c1cccc(S)c1. The van der Waals surface area contributed by atoms with Crippen LogP contribution in [0.1, 0.15) is 12.8 Å². The molecule has 76 valence electrons. The Morgan fingerprint density at radius 1 is 1.36 bits per heavy atom. The zero-order chi connectivity index (χ0) is 10.2. The van der Waals surface area contributed by atoms with Gasteiger partial charge in [-0.25, -0.2) is 13.1 Å². The van der Waals surface area contributed by atoms with Crippen molar-refractivity contribution in [3.05, 3.63) is 24.3 Å². The normalized spacial score (nSPS) is 16.9. The fourth-order valence-corrected chi connectivity index (χ4v) is 2.80. The van der Waals surface area contributed by atoms with Crippen LogP contribution in [0.2, 0.25) is 0 Å². The van der Waals surface area contributed by atoms with Crippen LogP contribution in [0, 0.1) is 0 Å². The Bertz CT molecular complexity index is 438. The minimum atomic E-state index is -3.32. The van der Waals surface area contributed by atoms with E-state index in [0.717, 1.165) is 12.8 Å². The predicted molar refractivity (Wildman–Crippen MR) is 57.0 cm³/mol. The molecule has 1 aliphatic carbocycles. The molecule has 1 aliphatic rings. The largest absolute Gasteiger partial charge is 0.240 e. The highest BCUT2D eigenvalue weighted by Gasteiger charge is 2.27. The first-order valence-corrected chi connectivity index (χ1v) is 6.32. The highest BCUT2D eigenvalue weighted by Crippen LogP contribution is 2.22. The van der Waals surface area contributed by atoms with Crippen molar-refractivity contribution in [2.75, 3.05) is 0 Å². The first-order valence-electron chi connectivity index (χ1n) is 4.39. The van der Waals surface area contributed by atoms with Crippen molar-refractivity contribution < 1.29 is 8.42 Å². The number of benzene rings is 1. The number of hydrogen-bond donors (Lipinski definition) is 2. The lowest BCUT2D eigenvalue weighted by molar-refractivity contribution is 0.581. The fourth-order valence-electron chi connectivity index (χ4n) is 1.14. The second kappa shape index (κ2) is 3.56. The molecule has 3 nitrogen and oxygen atoms in total. The third-order valence-corrected chi connectivity index (χ3v) is 3.82. The maximum atomic E-state index is 11.7. The molecule has 1 aromatic carbocycles. The van der Waals surface area contributed by atoms with Crippen LogP contribution in [0.3, 0.4) is 0 Å². The van der Waals surface area contributed by atoms with E-state index < -0.39 is 10.0 Å². The third kappa shape index (κ3) is 2.29. The number of thiol groups is 1. The van der Waals surface area contributed by atoms with Gasteiger partial charge in [0.1, 0.15) is 0 Å². The molecule has 0 saturated heterocycles. The Morgan fingerprint density at radius 2 is 2.07 bits per heavy atom. The van der Waals surface area contributed by atoms with E-state index in [1.165, 1.54) is 0 Å². The lowest BCUT2D eigenvalue weighted by Crippen LogP contribution is -2.25. The van der Waals surface area contributed by atoms with Gasteiger partial charge in [0.2, 0.25) is 10.0 Å². The fraction of sp³-hybridized carbons (Fsp3) is 0.333. The second-order valence-corrected chi connectivity index (χ2v) is 5.62. The molecule has 0 radical (unpaired) electrons. The molecule has 0 atom stereocenters. The topological polar surface area (TPSA) is 46.2 Å². The van der Waals surface area contributed by atoms with E-state index in [-0.39, 0.29) is 10.9 Å². The first kappa shape index (κ1) is 10.0. The van der Waals surface area contributed by atoms with E-state index in [2.05, 4.69) is 17.4 Å². The predicted octanol–water partition coefficient (Wildman–Crippen LogP) is 1.42. The molecule has 1 aromatic rings. The maximum absolute atomic E-state index is 11.7. The van der Waals surface area contributed by atoms with Gasteiger partial charge in [-0.2, -0.15) is 0 Å². The lowest BCUT2D eigenvalue weighted by Gasteiger charge is -2.05. The summed E-state index contributed by atoms with van der Waals surface area (Å²) in [4.78, 5) is 0.945. The molecule has 1 N–H and O–H groups in total. The Hall–Kier alpha value is -0.520. The van der Waals surface area contributed by atoms with Gasteiger partial charge in [-0.15, -0.1) is 12.6 Å². The summed E-state index contributed by atoms with van der Waals surface area (Å²) in [5, 5.41) is 0. The van der Waals surface area contributed by atoms with Gasteiger partial charge in [-0.05, 0) is 31.0 Å². The van der Waals surface area contributed by atoms with E-state index in [1.54, 1.807) is 24.3 Å². The summed E-state index contributed by atoms with van der Waals surface area (Å²) in [5.74, 6) is 0. The Kier molecular flexibility index (Phi) is 2.55. The van der Waals surface area contributed by atoms with Crippen LogP contribution < -0.4 is 4.72 Å². The average molecular weight is 229 g/mol. The van der Waals surface area contributed by atoms with Crippen LogP contribution in [0.15, 0.2) is 34.1 Å². The minimum absolute atomic E-state index is 0.142. The highest BCUT2D eigenvalue weighted by atomic mass is 32.2. The van der Waals surface area contributed by atoms with Gasteiger partial charge in [0.25, 0.3) is 0 Å². The summed E-state index contributed by atoms with van der Waals surface area (Å²) < 4.78 is 26.0. The number of nitrogens with one attached hydrogen (secondary N) is 1. The van der Waals surface area contributed by atoms with Crippen LogP contribution in [0.5, 0.6) is 0 Å². The summed E-state index contributed by atoms with van der Waals surface area (Å²) >= 11 is 4.10. The van der Waals surface area contributed by atoms with Crippen LogP contribution in [-0.4, -0.2) is 14.5 Å². The molecule has 5 heteroatoms. The molecule has 1 saturated carbocycles. The Balaban J connectivity index is 2.28. The molecule has 0 aliphatic heterocycles. The molecular formula is C9H11NO2S2. The van der Waals surface area contributed by atoms with Gasteiger partial charge in [-0.3, -0.25) is 0 Å². The van der Waals surface area contributed by atoms with Crippen LogP contribution in [0.25, 0.3) is 0 Å². The summed E-state index contributed by atoms with van der Waals surface area (Å²) in [6.45, 7) is 0. The molecule has 0 heterocycles. The van der Waals surface area contributed by atoms with Gasteiger partial charge in [0, 0.05) is 10.9 Å². The molecule has 0 amide bonds. The van der Waals surface area contributed by atoms with Crippen molar-refractivity contribution >= 4 is 22.7 Å². The Labute approximate surface area is 89.0 Å². The molecule has 14 heavy (non-hydrogen) atoms. The monoisotopic (exact) mass is 229 g/mol. The summed E-state index contributed by atoms with van der Waals surface area (Å²) in [6.07, 6.45) is 1.89. The summed E-state index contributed by atoms with van der Waals surface area (Å²) in [5.41, 5.74) is 0. The molecule has 0 aromatic heterocycles. The van der Waals surface area contributed by atoms with E-state index in [9.17, 15) is 8.42 Å². The van der Waals surface area contributed by atoms with Crippen molar-refractivity contribution in [1.29, 1.82) is 0 Å². The van der Waals surface area contributed by atoms with Gasteiger partial charge in [0.15, 0.2) is 0 Å². The Morgan fingerprint density at radius 3 is 2.64 bits per heavy atom. The second-order valence-electron chi connectivity index (χ2n) is 3.39. The number of hydrogen-bond acceptors (Lipinski definition) is 3. The molecular weight excluding hydrogens is 218 g/mol. The summed E-state index contributed by atoms with van der Waals surface area (Å²) in [6, 6.07) is 6.70. The summed E-state index contributed by atoms with van der Waals surface area (Å²) in [7, 11) is -3.32. The zero-order valence-corrected chi connectivity index (χ0v) is 9.18. The number of rotatable bonds is 3. The van der Waals surface area contributed by atoms with E-state index in [1.807, 2.05) is 0 Å². The standard InChI is InChI=1S/C9H11NO2S2/c11-14(12,10-7-4-5-7)9-3-1-2-8(13)6-9/h1-3,6-7,10,13H,4-5H2. The number of sulfonamides is 1. The van der Waals surface area contributed by atoms with Crippen molar-refractivity contribution in [1.82, 2.24) is 4.72 Å². The quantitative estimate of drug-likeness (QED) is 0.770. The van der Waals surface area contributed by atoms with Gasteiger partial charge in [-0.1, -0.05) is 6.07 Å². The molecule has 2 rings (SSSR count). The van der Waals surface area contributed by atoms with Crippen molar-refractivity contribution in [2.45, 2.75) is 28.7 Å². The van der Waals surface area contributed by atoms with Crippen LogP contribution >= 0.6 is 12.6 Å². The van der Waals surface area contributed by atoms with E-state index in [0.29, 0.717) is 4.90 Å². The molecule has 0 bridgehead atoms. The molecule has 0 unspecified atom stereocenters. The minimum Gasteiger partial charge on any atom is -0.208 e. The first-order chi connectivity index (χ1) is 6.58. The highest BCUT2D eigenvalue weighted by molar-refractivity contribution is 7.89. The van der Waals surface area contributed by atoms with Crippen LogP contribution in [-0.2, 0) is 10.0 Å². The van der Waals surface area contributed by atoms with Gasteiger partial charge >= 0.3 is 0 Å². The lowest BCUT2D eigenvalue weighted by atomic mass is 10.4. The van der Waals surface area contributed by atoms with Gasteiger partial charge in [0.05, 0.1) is 4.90 Å². The zero-order valence-electron chi connectivity index (χ0n) is 7.47. The average Bonchev–Trinajstić information content (AvgIpc) is 2.87. The van der Waals surface area contributed by atoms with Crippen molar-refractivity contribution in [2.24, 2.45) is 0 Å². The van der Waals surface area contributed by atoms with Crippen LogP contribution in [0.4, 0.5) is 0 Å². The third-order valence-electron chi connectivity index (χ3n) is 2.03. The van der Waals surface area contributed by atoms with Crippen molar-refractivity contribution in [3.8, 4) is 0 Å². The van der Waals surface area contributed by atoms with E-state index in [4.69, 9.17) is 0 Å². The smallest absolute Gasteiger partial charge is 0.208 e. The van der Waals surface area contributed by atoms with E-state index >= 15 is 0 Å².